The van der Waals surface area contributed by atoms with Gasteiger partial charge in [0.1, 0.15) is 0 Å². The number of ether oxygens (including phenoxy) is 3. The van der Waals surface area contributed by atoms with Crippen LogP contribution in [0.4, 0.5) is 0 Å². The summed E-state index contributed by atoms with van der Waals surface area (Å²) in [6.45, 7) is 6.42. The second-order valence-corrected chi connectivity index (χ2v) is 7.12. The first-order chi connectivity index (χ1) is 12.8. The number of carbonyl (C=O) groups excluding carboxylic acids is 3. The van der Waals surface area contributed by atoms with Gasteiger partial charge in [-0.2, -0.15) is 0 Å². The molecule has 7 nitrogen and oxygen atoms in total. The molecule has 1 aliphatic rings. The number of piperidine rings is 1. The minimum absolute atomic E-state index is 0.0980. The predicted molar refractivity (Wildman–Crippen MR) is 99.0 cm³/mol. The molecule has 0 N–H and O–H groups in total. The van der Waals surface area contributed by atoms with Crippen LogP contribution in [0.15, 0.2) is 18.2 Å². The van der Waals surface area contributed by atoms with Crippen LogP contribution in [-0.4, -0.2) is 56.0 Å². The Morgan fingerprint density at radius 1 is 1.07 bits per heavy atom. The van der Waals surface area contributed by atoms with Crippen LogP contribution in [0.1, 0.15) is 37.6 Å². The van der Waals surface area contributed by atoms with E-state index in [1.54, 1.807) is 23.1 Å². The van der Waals surface area contributed by atoms with E-state index in [9.17, 15) is 14.4 Å². The fraction of sp³-hybridized carbons (Fsp3) is 0.550. The Bertz CT molecular complexity index is 692. The maximum absolute atomic E-state index is 12.2. The number of amides is 1. The lowest BCUT2D eigenvalue weighted by Gasteiger charge is -2.34. The zero-order valence-corrected chi connectivity index (χ0v) is 16.3. The Morgan fingerprint density at radius 2 is 1.74 bits per heavy atom. The number of nitrogens with zero attached hydrogens (tertiary/aromatic N) is 1. The standard InChI is InChI=1S/C20H27NO6/c1-13-7-14(2)10-21(9-13)19(23)11-27-20(24)12-26-17-6-5-16(15(3)22)8-18(17)25-4/h5-6,8,13-14H,7,9-12H2,1-4H3/t13-,14+. The number of esters is 1. The van der Waals surface area contributed by atoms with E-state index in [2.05, 4.69) is 13.8 Å². The van der Waals surface area contributed by atoms with Gasteiger partial charge in [0.2, 0.25) is 0 Å². The molecule has 0 radical (unpaired) electrons. The molecule has 27 heavy (non-hydrogen) atoms. The Balaban J connectivity index is 1.82. The minimum atomic E-state index is -0.640. The number of Topliss-reactive ketones (excluding diaryl/α,β-unsaturated/α-hetero) is 1. The van der Waals surface area contributed by atoms with Crippen molar-refractivity contribution in [2.24, 2.45) is 11.8 Å². The molecule has 0 spiro atoms. The van der Waals surface area contributed by atoms with Gasteiger partial charge in [-0.3, -0.25) is 9.59 Å². The van der Waals surface area contributed by atoms with Gasteiger partial charge in [0.05, 0.1) is 7.11 Å². The molecule has 1 heterocycles. The van der Waals surface area contributed by atoms with Crippen LogP contribution in [0.3, 0.4) is 0 Å². The number of benzene rings is 1. The van der Waals surface area contributed by atoms with Crippen molar-refractivity contribution in [3.05, 3.63) is 23.8 Å². The van der Waals surface area contributed by atoms with E-state index >= 15 is 0 Å². The topological polar surface area (TPSA) is 82.1 Å². The van der Waals surface area contributed by atoms with E-state index in [0.717, 1.165) is 6.42 Å². The Hall–Kier alpha value is -2.57. The number of likely N-dealkylation sites (tertiary alicyclic amines) is 1. The van der Waals surface area contributed by atoms with E-state index in [1.807, 2.05) is 0 Å². The molecule has 1 aliphatic heterocycles. The van der Waals surface area contributed by atoms with E-state index in [-0.39, 0.29) is 24.9 Å². The summed E-state index contributed by atoms with van der Waals surface area (Å²) in [4.78, 5) is 37.3. The summed E-state index contributed by atoms with van der Waals surface area (Å²) in [5, 5.41) is 0. The van der Waals surface area contributed by atoms with E-state index < -0.39 is 5.97 Å². The molecule has 0 saturated carbocycles. The van der Waals surface area contributed by atoms with Crippen LogP contribution in [0.5, 0.6) is 11.5 Å². The minimum Gasteiger partial charge on any atom is -0.493 e. The summed E-state index contributed by atoms with van der Waals surface area (Å²) in [6.07, 6.45) is 1.10. The molecule has 0 aromatic heterocycles. The molecule has 1 amide bonds. The second-order valence-electron chi connectivity index (χ2n) is 7.12. The molecular weight excluding hydrogens is 350 g/mol. The van der Waals surface area contributed by atoms with E-state index in [1.165, 1.54) is 14.0 Å². The second kappa shape index (κ2) is 9.39. The van der Waals surface area contributed by atoms with E-state index in [4.69, 9.17) is 14.2 Å². The Labute approximate surface area is 159 Å². The van der Waals surface area contributed by atoms with Crippen LogP contribution >= 0.6 is 0 Å². The van der Waals surface area contributed by atoms with Crippen molar-refractivity contribution in [3.8, 4) is 11.5 Å². The lowest BCUT2D eigenvalue weighted by molar-refractivity contribution is -0.154. The number of rotatable bonds is 7. The molecule has 0 bridgehead atoms. The molecular formula is C20H27NO6. The Morgan fingerprint density at radius 3 is 2.33 bits per heavy atom. The number of ketones is 1. The quantitative estimate of drug-likeness (QED) is 0.536. The normalized spacial score (nSPS) is 19.3. The first-order valence-corrected chi connectivity index (χ1v) is 9.05. The van der Waals surface area contributed by atoms with Crippen molar-refractivity contribution < 1.29 is 28.6 Å². The molecule has 148 valence electrons. The van der Waals surface area contributed by atoms with Crippen molar-refractivity contribution in [1.82, 2.24) is 4.90 Å². The molecule has 1 aromatic carbocycles. The van der Waals surface area contributed by atoms with Gasteiger partial charge in [-0.1, -0.05) is 13.8 Å². The van der Waals surface area contributed by atoms with Crippen molar-refractivity contribution in [1.29, 1.82) is 0 Å². The smallest absolute Gasteiger partial charge is 0.344 e. The monoisotopic (exact) mass is 377 g/mol. The van der Waals surface area contributed by atoms with Crippen LogP contribution in [0.2, 0.25) is 0 Å². The highest BCUT2D eigenvalue weighted by atomic mass is 16.6. The van der Waals surface area contributed by atoms with Crippen LogP contribution in [0.25, 0.3) is 0 Å². The third-order valence-corrected chi connectivity index (χ3v) is 4.49. The highest BCUT2D eigenvalue weighted by Crippen LogP contribution is 2.28. The third kappa shape index (κ3) is 5.98. The highest BCUT2D eigenvalue weighted by molar-refractivity contribution is 5.94. The number of methoxy groups -OCH3 is 1. The molecule has 1 aromatic rings. The first kappa shape index (κ1) is 20.7. The van der Waals surface area contributed by atoms with Crippen LogP contribution < -0.4 is 9.47 Å². The summed E-state index contributed by atoms with van der Waals surface area (Å²) < 4.78 is 15.6. The van der Waals surface area contributed by atoms with Gasteiger partial charge >= 0.3 is 5.97 Å². The Kier molecular flexibility index (Phi) is 7.21. The molecule has 7 heteroatoms. The maximum atomic E-state index is 12.2. The molecule has 2 atom stereocenters. The number of carbonyl (C=O) groups is 3. The summed E-state index contributed by atoms with van der Waals surface area (Å²) in [6, 6.07) is 4.70. The molecule has 0 unspecified atom stereocenters. The molecule has 0 aliphatic carbocycles. The molecule has 1 fully saturated rings. The van der Waals surface area contributed by atoms with Gasteiger partial charge in [0.15, 0.2) is 30.5 Å². The first-order valence-electron chi connectivity index (χ1n) is 9.05. The third-order valence-electron chi connectivity index (χ3n) is 4.49. The van der Waals surface area contributed by atoms with Crippen LogP contribution in [0, 0.1) is 11.8 Å². The van der Waals surface area contributed by atoms with Crippen molar-refractivity contribution >= 4 is 17.7 Å². The van der Waals surface area contributed by atoms with Gasteiger partial charge in [-0.05, 0) is 43.4 Å². The fourth-order valence-electron chi connectivity index (χ4n) is 3.28. The average molecular weight is 377 g/mol. The van der Waals surface area contributed by atoms with Crippen molar-refractivity contribution in [2.45, 2.75) is 27.2 Å². The average Bonchev–Trinajstić information content (AvgIpc) is 2.63. The predicted octanol–water partition coefficient (Wildman–Crippen LogP) is 2.32. The number of hydrogen-bond donors (Lipinski definition) is 0. The highest BCUT2D eigenvalue weighted by Gasteiger charge is 2.26. The van der Waals surface area contributed by atoms with Crippen LogP contribution in [-0.2, 0) is 14.3 Å². The zero-order valence-electron chi connectivity index (χ0n) is 16.3. The van der Waals surface area contributed by atoms with Gasteiger partial charge < -0.3 is 19.1 Å². The molecule has 1 saturated heterocycles. The molecule has 2 rings (SSSR count). The van der Waals surface area contributed by atoms with Gasteiger partial charge in [0, 0.05) is 18.7 Å². The maximum Gasteiger partial charge on any atom is 0.344 e. The summed E-state index contributed by atoms with van der Waals surface area (Å²) in [5.74, 6) is 0.639. The lowest BCUT2D eigenvalue weighted by atomic mass is 9.92. The summed E-state index contributed by atoms with van der Waals surface area (Å²) >= 11 is 0. The number of hydrogen-bond acceptors (Lipinski definition) is 6. The van der Waals surface area contributed by atoms with E-state index in [0.29, 0.717) is 42.0 Å². The van der Waals surface area contributed by atoms with Crippen molar-refractivity contribution in [2.75, 3.05) is 33.4 Å². The summed E-state index contributed by atoms with van der Waals surface area (Å²) in [5.41, 5.74) is 0.484. The lowest BCUT2D eigenvalue weighted by Crippen LogP contribution is -2.44. The van der Waals surface area contributed by atoms with Gasteiger partial charge in [-0.15, -0.1) is 0 Å². The SMILES string of the molecule is COc1cc(C(C)=O)ccc1OCC(=O)OCC(=O)N1C[C@H](C)C[C@H](C)C1. The van der Waals surface area contributed by atoms with Gasteiger partial charge in [-0.25, -0.2) is 4.79 Å². The zero-order chi connectivity index (χ0) is 20.0. The van der Waals surface area contributed by atoms with Crippen molar-refractivity contribution in [3.63, 3.8) is 0 Å². The summed E-state index contributed by atoms with van der Waals surface area (Å²) in [7, 11) is 1.45. The fourth-order valence-corrected chi connectivity index (χ4v) is 3.28. The largest absolute Gasteiger partial charge is 0.493 e. The van der Waals surface area contributed by atoms with Gasteiger partial charge in [0.25, 0.3) is 5.91 Å².